The van der Waals surface area contributed by atoms with Gasteiger partial charge in [-0.1, -0.05) is 66.7 Å². The summed E-state index contributed by atoms with van der Waals surface area (Å²) in [7, 11) is -4.54. The number of benzene rings is 4. The van der Waals surface area contributed by atoms with Crippen LogP contribution < -0.4 is 14.8 Å². The number of pyridine rings is 1. The summed E-state index contributed by atoms with van der Waals surface area (Å²) in [4.78, 5) is 35.0. The summed E-state index contributed by atoms with van der Waals surface area (Å²) in [6.07, 6.45) is 8.75. The van der Waals surface area contributed by atoms with Crippen LogP contribution in [0.2, 0.25) is 0 Å². The number of sulfonamides is 1. The third kappa shape index (κ3) is 9.84. The van der Waals surface area contributed by atoms with Crippen LogP contribution in [0.4, 0.5) is 11.4 Å². The minimum absolute atomic E-state index is 0.00804. The maximum atomic E-state index is 13.9. The minimum atomic E-state index is -4.54. The largest absolute Gasteiger partial charge is 0.455 e. The number of hydrogen-bond donors (Lipinski definition) is 3. The highest BCUT2D eigenvalue weighted by Gasteiger charge is 2.30. The first-order chi connectivity index (χ1) is 29.2. The van der Waals surface area contributed by atoms with Crippen molar-refractivity contribution in [1.29, 1.82) is 0 Å². The second-order valence-corrected chi connectivity index (χ2v) is 17.3. The molecule has 1 aliphatic heterocycles. The molecule has 1 amide bonds. The quantitative estimate of drug-likeness (QED) is 0.0671. The Morgan fingerprint density at radius 1 is 0.867 bits per heavy atom. The van der Waals surface area contributed by atoms with Crippen molar-refractivity contribution in [3.63, 3.8) is 0 Å². The van der Waals surface area contributed by atoms with Crippen LogP contribution in [0.3, 0.4) is 0 Å². The molecule has 6 aromatic rings. The molecule has 1 aliphatic carbocycles. The number of aromatic nitrogens is 2. The Morgan fingerprint density at radius 3 is 2.25 bits per heavy atom. The van der Waals surface area contributed by atoms with Crippen molar-refractivity contribution in [3.05, 3.63) is 154 Å². The van der Waals surface area contributed by atoms with Gasteiger partial charge >= 0.3 is 0 Å². The van der Waals surface area contributed by atoms with E-state index in [4.69, 9.17) is 9.47 Å². The molecular weight excluding hydrogens is 781 g/mol. The SMILES string of the molecule is O=C(NS(=O)(=O)c1ccc(NCC2CCOCC2)c([N+](=O)[O-])c1)c1ccc(C2CCC(N(Cc3ccccc3)Cc3ccccc3)CC2)cc1Oc1cnc2[nH]ccc2c1. The van der Waals surface area contributed by atoms with E-state index in [0.29, 0.717) is 37.2 Å². The van der Waals surface area contributed by atoms with Crippen LogP contribution in [0.15, 0.2) is 126 Å². The van der Waals surface area contributed by atoms with E-state index >= 15 is 0 Å². The molecule has 0 atom stereocenters. The molecule has 60 heavy (non-hydrogen) atoms. The average molecular weight is 829 g/mol. The van der Waals surface area contributed by atoms with Crippen LogP contribution in [0.1, 0.15) is 71.5 Å². The number of nitrogens with one attached hydrogen (secondary N) is 3. The molecule has 0 radical (unpaired) electrons. The monoisotopic (exact) mass is 828 g/mol. The van der Waals surface area contributed by atoms with Crippen molar-refractivity contribution >= 4 is 38.3 Å². The van der Waals surface area contributed by atoms with E-state index < -0.39 is 31.4 Å². The lowest BCUT2D eigenvalue weighted by Crippen LogP contribution is -2.37. The van der Waals surface area contributed by atoms with E-state index in [-0.39, 0.29) is 28.8 Å². The van der Waals surface area contributed by atoms with Gasteiger partial charge in [-0.3, -0.25) is 19.8 Å². The van der Waals surface area contributed by atoms with Crippen molar-refractivity contribution in [3.8, 4) is 11.5 Å². The van der Waals surface area contributed by atoms with Crippen LogP contribution in [-0.2, 0) is 27.8 Å². The first-order valence-corrected chi connectivity index (χ1v) is 21.9. The number of fused-ring (bicyclic) bond motifs is 1. The summed E-state index contributed by atoms with van der Waals surface area (Å²) >= 11 is 0. The molecule has 3 heterocycles. The summed E-state index contributed by atoms with van der Waals surface area (Å²) in [6, 6.07) is 34.0. The van der Waals surface area contributed by atoms with Crippen molar-refractivity contribution in [2.75, 3.05) is 25.1 Å². The molecular formula is C46H48N6O7S. The fourth-order valence-corrected chi connectivity index (χ4v) is 9.30. The van der Waals surface area contributed by atoms with Crippen molar-refractivity contribution in [1.82, 2.24) is 19.6 Å². The number of aromatic amines is 1. The number of carbonyl (C=O) groups is 1. The van der Waals surface area contributed by atoms with Crippen LogP contribution in [0.25, 0.3) is 11.0 Å². The summed E-state index contributed by atoms with van der Waals surface area (Å²) < 4.78 is 41.2. The van der Waals surface area contributed by atoms with E-state index in [2.05, 4.69) is 73.4 Å². The zero-order valence-electron chi connectivity index (χ0n) is 33.2. The predicted molar refractivity (Wildman–Crippen MR) is 230 cm³/mol. The molecule has 0 spiro atoms. The van der Waals surface area contributed by atoms with E-state index in [9.17, 15) is 23.3 Å². The van der Waals surface area contributed by atoms with Gasteiger partial charge in [0.2, 0.25) is 0 Å². The number of nitro benzene ring substituents is 1. The number of anilines is 1. The molecule has 14 heteroatoms. The molecule has 3 N–H and O–H groups in total. The second kappa shape index (κ2) is 18.4. The first-order valence-electron chi connectivity index (χ1n) is 20.4. The Labute approximate surface area is 349 Å². The van der Waals surface area contributed by atoms with Gasteiger partial charge in [0.25, 0.3) is 21.6 Å². The minimum Gasteiger partial charge on any atom is -0.455 e. The van der Waals surface area contributed by atoms with Gasteiger partial charge < -0.3 is 19.8 Å². The molecule has 4 aromatic carbocycles. The topological polar surface area (TPSA) is 169 Å². The smallest absolute Gasteiger partial charge is 0.293 e. The zero-order chi connectivity index (χ0) is 41.5. The normalized spacial score (nSPS) is 17.4. The third-order valence-electron chi connectivity index (χ3n) is 11.6. The lowest BCUT2D eigenvalue weighted by molar-refractivity contribution is -0.384. The molecule has 0 unspecified atom stereocenters. The summed E-state index contributed by atoms with van der Waals surface area (Å²) in [6.45, 7) is 3.44. The number of hydrogen-bond acceptors (Lipinski definition) is 10. The second-order valence-electron chi connectivity index (χ2n) is 15.6. The van der Waals surface area contributed by atoms with Crippen LogP contribution in [-0.4, -0.2) is 59.9 Å². The molecule has 2 aliphatic rings. The van der Waals surface area contributed by atoms with Gasteiger partial charge in [0.05, 0.1) is 21.6 Å². The van der Waals surface area contributed by atoms with Gasteiger partial charge in [-0.2, -0.15) is 0 Å². The van der Waals surface area contributed by atoms with Gasteiger partial charge in [-0.05, 0) is 103 Å². The number of carbonyl (C=O) groups excluding carboxylic acids is 1. The number of ether oxygens (including phenoxy) is 2. The Hall–Kier alpha value is -6.09. The lowest BCUT2D eigenvalue weighted by Gasteiger charge is -2.37. The Morgan fingerprint density at radius 2 is 1.57 bits per heavy atom. The number of amides is 1. The fraction of sp³-hybridized carbons (Fsp3) is 0.304. The molecule has 2 fully saturated rings. The van der Waals surface area contributed by atoms with Gasteiger partial charge in [0.1, 0.15) is 22.8 Å². The molecule has 0 bridgehead atoms. The summed E-state index contributed by atoms with van der Waals surface area (Å²) in [5.41, 5.74) is 3.98. The van der Waals surface area contributed by atoms with E-state index in [1.54, 1.807) is 24.5 Å². The van der Waals surface area contributed by atoms with Gasteiger partial charge in [-0.15, -0.1) is 0 Å². The van der Waals surface area contributed by atoms with E-state index in [1.807, 2.05) is 30.3 Å². The highest BCUT2D eigenvalue weighted by Crippen LogP contribution is 2.39. The molecule has 8 rings (SSSR count). The zero-order valence-corrected chi connectivity index (χ0v) is 34.0. The van der Waals surface area contributed by atoms with E-state index in [0.717, 1.165) is 68.6 Å². The van der Waals surface area contributed by atoms with Gasteiger partial charge in [-0.25, -0.2) is 18.1 Å². The summed E-state index contributed by atoms with van der Waals surface area (Å²) in [5.74, 6) is 0.0750. The van der Waals surface area contributed by atoms with Crippen LogP contribution >= 0.6 is 0 Å². The molecule has 13 nitrogen and oxygen atoms in total. The molecule has 1 saturated heterocycles. The van der Waals surface area contributed by atoms with Crippen molar-refractivity contribution in [2.24, 2.45) is 5.92 Å². The van der Waals surface area contributed by atoms with E-state index in [1.165, 1.54) is 23.3 Å². The molecule has 2 aromatic heterocycles. The van der Waals surface area contributed by atoms with Crippen molar-refractivity contribution in [2.45, 2.75) is 68.5 Å². The van der Waals surface area contributed by atoms with Crippen LogP contribution in [0.5, 0.6) is 11.5 Å². The van der Waals surface area contributed by atoms with Gasteiger partial charge in [0, 0.05) is 56.5 Å². The maximum Gasteiger partial charge on any atom is 0.293 e. The Kier molecular flexibility index (Phi) is 12.5. The maximum absolute atomic E-state index is 13.9. The number of H-pyrrole nitrogens is 1. The Bertz CT molecular complexity index is 2500. The third-order valence-corrected chi connectivity index (χ3v) is 12.9. The lowest BCUT2D eigenvalue weighted by atomic mass is 9.80. The van der Waals surface area contributed by atoms with Gasteiger partial charge in [0.15, 0.2) is 0 Å². The predicted octanol–water partition coefficient (Wildman–Crippen LogP) is 8.95. The molecule has 310 valence electrons. The summed E-state index contributed by atoms with van der Waals surface area (Å²) in [5, 5.41) is 16.0. The number of rotatable bonds is 15. The standard InChI is InChI=1S/C46H48N6O7S/c53-46(50-60(56,57)40-16-18-42(43(27-40)52(54)55)48-28-32-20-23-58-24-21-32)41-17-13-36(26-44(41)59-39-25-37-19-22-47-45(37)49-29-39)35-11-14-38(15-12-35)51(30-33-7-3-1-4-8-33)31-34-9-5-2-6-10-34/h1-10,13,16-19,22,25-27,29,32,35,38,48H,11-12,14-15,20-21,23-24,28,30-31H2,(H,47,49)(H,50,53). The average Bonchev–Trinajstić information content (AvgIpc) is 3.74. The number of nitrogens with zero attached hydrogens (tertiary/aromatic N) is 3. The van der Waals surface area contributed by atoms with Crippen LogP contribution in [0, 0.1) is 16.0 Å². The first kappa shape index (κ1) is 40.7. The highest BCUT2D eigenvalue weighted by atomic mass is 32.2. The molecule has 1 saturated carbocycles. The number of nitro groups is 1. The Balaban J connectivity index is 1.01. The van der Waals surface area contributed by atoms with Crippen molar-refractivity contribution < 1.29 is 27.6 Å². The fourth-order valence-electron chi connectivity index (χ4n) is 8.31. The highest BCUT2D eigenvalue weighted by molar-refractivity contribution is 7.90.